The highest BCUT2D eigenvalue weighted by molar-refractivity contribution is 8.06. The topological polar surface area (TPSA) is 214 Å². The molecule has 0 saturated heterocycles. The first kappa shape index (κ1) is 55.6. The zero-order valence-electron chi connectivity index (χ0n) is 39.6. The Bertz CT molecular complexity index is 2020. The van der Waals surface area contributed by atoms with Crippen molar-refractivity contribution in [3.8, 4) is 22.5 Å². The second kappa shape index (κ2) is 31.2. The van der Waals surface area contributed by atoms with Gasteiger partial charge in [-0.1, -0.05) is 86.2 Å². The number of hydrogen-bond donors (Lipinski definition) is 2. The van der Waals surface area contributed by atoms with E-state index in [0.29, 0.717) is 110 Å². The Kier molecular flexibility index (Phi) is 25.9. The van der Waals surface area contributed by atoms with Gasteiger partial charge in [0, 0.05) is 55.8 Å². The van der Waals surface area contributed by atoms with Gasteiger partial charge in [0.2, 0.25) is 17.7 Å². The van der Waals surface area contributed by atoms with Crippen molar-refractivity contribution in [2.24, 2.45) is 5.92 Å². The molecule has 2 N–H and O–H groups in total. The van der Waals surface area contributed by atoms with Crippen molar-refractivity contribution in [3.63, 3.8) is 0 Å². The molecule has 0 bridgehead atoms. The molecule has 2 heterocycles. The fourth-order valence-corrected chi connectivity index (χ4v) is 8.57. The van der Waals surface area contributed by atoms with Crippen molar-refractivity contribution < 1.29 is 56.8 Å². The molecule has 20 heteroatoms. The maximum atomic E-state index is 13.8. The molecule has 3 aromatic rings. The Morgan fingerprint density at radius 3 is 2.00 bits per heavy atom. The molecule has 1 unspecified atom stereocenters. The average Bonchev–Trinajstić information content (AvgIpc) is 3.71. The second-order valence-corrected chi connectivity index (χ2v) is 19.1. The molecule has 1 atom stereocenters. The Morgan fingerprint density at radius 2 is 1.28 bits per heavy atom. The fourth-order valence-electron chi connectivity index (χ4n) is 6.90. The van der Waals surface area contributed by atoms with Crippen LogP contribution < -0.4 is 20.4 Å². The molecule has 372 valence electrons. The number of Topliss-reactive ketones (excluding diaryl/α,β-unsaturated/α-hetero) is 1. The minimum atomic E-state index is -3.41. The van der Waals surface area contributed by atoms with E-state index in [1.54, 1.807) is 18.7 Å². The van der Waals surface area contributed by atoms with Crippen LogP contribution in [0.4, 0.5) is 5.69 Å². The Morgan fingerprint density at radius 1 is 0.687 bits per heavy atom. The van der Waals surface area contributed by atoms with E-state index >= 15 is 0 Å². The maximum Gasteiger partial charge on any atom is 0.227 e. The van der Waals surface area contributed by atoms with Gasteiger partial charge >= 0.3 is 0 Å². The lowest BCUT2D eigenvalue weighted by Crippen LogP contribution is -2.34. The molecule has 0 fully saturated rings. The number of benzene rings is 2. The minimum absolute atomic E-state index is 0.0138. The maximum absolute atomic E-state index is 13.8. The third-order valence-electron chi connectivity index (χ3n) is 10.4. The van der Waals surface area contributed by atoms with E-state index in [4.69, 9.17) is 44.5 Å². The SMILES string of the molecule is CC(C)OP([O-])(=S)OCCCCCCNC(=O)CCOCCOCCOCCOCCn1nnc2c1-c1ccccc1CN(C(=O)CCC(=O)NCCOCCC(=O)C(C)C)c1ccccc1-2. The Labute approximate surface area is 400 Å². The molecular formula is C47H70N6O12PS-. The number of unbranched alkanes of at least 4 members (excludes halogenated alkanes) is 3. The van der Waals surface area contributed by atoms with Crippen molar-refractivity contribution in [2.75, 3.05) is 90.7 Å². The summed E-state index contributed by atoms with van der Waals surface area (Å²) in [6.45, 7) is 9.35. The molecule has 0 saturated carbocycles. The van der Waals surface area contributed by atoms with Gasteiger partial charge in [0.05, 0.1) is 103 Å². The summed E-state index contributed by atoms with van der Waals surface area (Å²) in [5.74, 6) is -0.396. The van der Waals surface area contributed by atoms with E-state index in [0.717, 1.165) is 48.1 Å². The van der Waals surface area contributed by atoms with Crippen molar-refractivity contribution in [1.82, 2.24) is 25.6 Å². The van der Waals surface area contributed by atoms with Gasteiger partial charge in [-0.2, -0.15) is 0 Å². The third kappa shape index (κ3) is 21.0. The lowest BCUT2D eigenvalue weighted by molar-refractivity contribution is -0.209. The summed E-state index contributed by atoms with van der Waals surface area (Å²) in [7, 11) is 0. The predicted molar refractivity (Wildman–Crippen MR) is 255 cm³/mol. The largest absolute Gasteiger partial charge is 0.780 e. The average molecular weight is 974 g/mol. The smallest absolute Gasteiger partial charge is 0.227 e. The number of nitrogens with one attached hydrogen (secondary N) is 2. The van der Waals surface area contributed by atoms with Crippen LogP contribution in [0.15, 0.2) is 48.5 Å². The van der Waals surface area contributed by atoms with E-state index in [1.165, 1.54) is 0 Å². The number of amides is 3. The molecule has 2 aromatic carbocycles. The number of ether oxygens (including phenoxy) is 5. The summed E-state index contributed by atoms with van der Waals surface area (Å²) >= 11 is 4.85. The van der Waals surface area contributed by atoms with Gasteiger partial charge in [-0.3, -0.25) is 19.2 Å². The fraction of sp³-hybridized carbons (Fsp3) is 0.617. The first-order chi connectivity index (χ1) is 32.4. The van der Waals surface area contributed by atoms with E-state index in [-0.39, 0.29) is 61.4 Å². The number of aromatic nitrogens is 3. The zero-order valence-corrected chi connectivity index (χ0v) is 41.3. The van der Waals surface area contributed by atoms with Crippen LogP contribution in [0.1, 0.15) is 84.6 Å². The lowest BCUT2D eigenvalue weighted by Gasteiger charge is -2.29. The number of ketones is 1. The highest BCUT2D eigenvalue weighted by Crippen LogP contribution is 2.42. The lowest BCUT2D eigenvalue weighted by atomic mass is 9.95. The van der Waals surface area contributed by atoms with Crippen LogP contribution in [-0.4, -0.2) is 130 Å². The Hall–Kier alpha value is -4.01. The van der Waals surface area contributed by atoms with Crippen LogP contribution in [-0.2, 0) is 76.8 Å². The van der Waals surface area contributed by atoms with E-state index < -0.39 is 6.72 Å². The normalized spacial score (nSPS) is 13.1. The quantitative estimate of drug-likeness (QED) is 0.0577. The van der Waals surface area contributed by atoms with Crippen LogP contribution in [0.25, 0.3) is 22.5 Å². The number of carbonyl (C=O) groups excluding carboxylic acids is 4. The van der Waals surface area contributed by atoms with Gasteiger partial charge in [0.1, 0.15) is 18.2 Å². The van der Waals surface area contributed by atoms with Gasteiger partial charge in [0.15, 0.2) is 0 Å². The first-order valence-corrected chi connectivity index (χ1v) is 25.9. The molecule has 0 aliphatic carbocycles. The van der Waals surface area contributed by atoms with Crippen molar-refractivity contribution in [1.29, 1.82) is 0 Å². The molecule has 4 rings (SSSR count). The minimum Gasteiger partial charge on any atom is -0.780 e. The predicted octanol–water partition coefficient (Wildman–Crippen LogP) is 5.15. The molecule has 3 amide bonds. The molecule has 0 spiro atoms. The van der Waals surface area contributed by atoms with Gasteiger partial charge in [-0.05, 0) is 38.3 Å². The summed E-state index contributed by atoms with van der Waals surface area (Å²) in [5, 5.41) is 14.8. The van der Waals surface area contributed by atoms with Crippen molar-refractivity contribution in [3.05, 3.63) is 54.1 Å². The number of fused-ring (bicyclic) bond motifs is 5. The van der Waals surface area contributed by atoms with E-state index in [9.17, 15) is 24.1 Å². The summed E-state index contributed by atoms with van der Waals surface area (Å²) in [5.41, 5.74) is 4.74. The molecule has 18 nitrogen and oxygen atoms in total. The number of carbonyl (C=O) groups is 4. The highest BCUT2D eigenvalue weighted by atomic mass is 32.5. The van der Waals surface area contributed by atoms with Gasteiger partial charge in [0.25, 0.3) is 0 Å². The van der Waals surface area contributed by atoms with Crippen LogP contribution in [0, 0.1) is 5.92 Å². The molecule has 0 radical (unpaired) electrons. The molecule has 67 heavy (non-hydrogen) atoms. The van der Waals surface area contributed by atoms with E-state index in [2.05, 4.69) is 20.9 Å². The molecular weight excluding hydrogens is 904 g/mol. The summed E-state index contributed by atoms with van der Waals surface area (Å²) in [4.78, 5) is 64.0. The summed E-state index contributed by atoms with van der Waals surface area (Å²) in [6.07, 6.45) is 3.75. The van der Waals surface area contributed by atoms with Crippen LogP contribution in [0.3, 0.4) is 0 Å². The standard InChI is InChI=1S/C47H71N6O12PS/c1-36(2)42(54)19-25-59-27-22-49-43(55)17-18-45(57)52-35-38-13-7-8-14-39(38)47-46(40-15-9-10-16-41(40)52)50-51-53(47)23-28-61-30-32-63-34-33-62-31-29-60-26-20-44(56)48-21-11-5-6-12-24-64-66(58,67)65-37(3)4/h7-10,13-16,36-37H,5-6,11-12,17-35H2,1-4H3,(H,48,56)(H,49,55)(H,58,67)/p-1. The van der Waals surface area contributed by atoms with Gasteiger partial charge in [-0.15, -0.1) is 5.10 Å². The Balaban J connectivity index is 1.08. The number of anilines is 1. The van der Waals surface area contributed by atoms with Crippen LogP contribution >= 0.6 is 6.72 Å². The number of para-hydroxylation sites is 1. The summed E-state index contributed by atoms with van der Waals surface area (Å²) in [6, 6.07) is 15.5. The van der Waals surface area contributed by atoms with Crippen molar-refractivity contribution in [2.45, 2.75) is 98.3 Å². The summed E-state index contributed by atoms with van der Waals surface area (Å²) < 4.78 is 40.3. The van der Waals surface area contributed by atoms with Gasteiger partial charge in [-0.25, -0.2) is 4.68 Å². The third-order valence-corrected chi connectivity index (χ3v) is 12.1. The highest BCUT2D eigenvalue weighted by Gasteiger charge is 2.29. The van der Waals surface area contributed by atoms with Crippen LogP contribution in [0.5, 0.6) is 0 Å². The zero-order chi connectivity index (χ0) is 48.3. The first-order valence-electron chi connectivity index (χ1n) is 23.4. The molecule has 1 aliphatic heterocycles. The number of nitrogens with zero attached hydrogens (tertiary/aromatic N) is 4. The van der Waals surface area contributed by atoms with Crippen LogP contribution in [0.2, 0.25) is 0 Å². The second-order valence-electron chi connectivity index (χ2n) is 16.4. The van der Waals surface area contributed by atoms with Gasteiger partial charge < -0.3 is 53.2 Å². The number of rotatable bonds is 35. The molecule has 1 aliphatic rings. The molecule has 1 aromatic heterocycles. The van der Waals surface area contributed by atoms with E-state index in [1.807, 2.05) is 67.1 Å². The van der Waals surface area contributed by atoms with Crippen molar-refractivity contribution >= 4 is 47.7 Å². The monoisotopic (exact) mass is 973 g/mol. The number of hydrogen-bond acceptors (Lipinski definition) is 15.